The number of hydrogen-bond acceptors (Lipinski definition) is 2. The number of hydrogen-bond donors (Lipinski definition) is 0. The van der Waals surface area contributed by atoms with Crippen molar-refractivity contribution in [1.29, 1.82) is 0 Å². The zero-order valence-corrected chi connectivity index (χ0v) is 11.0. The summed E-state index contributed by atoms with van der Waals surface area (Å²) in [4.78, 5) is 17.3. The van der Waals surface area contributed by atoms with Crippen LogP contribution >= 0.6 is 11.6 Å². The molecule has 2 rings (SSSR count). The predicted octanol–water partition coefficient (Wildman–Crippen LogP) is 0.815. The first kappa shape index (κ1) is 11.5. The van der Waals surface area contributed by atoms with Crippen LogP contribution in [-0.4, -0.2) is 49.2 Å². The molecule has 0 spiro atoms. The van der Waals surface area contributed by atoms with Crippen LogP contribution in [0.1, 0.15) is 0 Å². The SMILES string of the molecule is CN1C(=O)C(C=C2C=CC(Cl)C=C2)=NC1=[Se]. The van der Waals surface area contributed by atoms with Gasteiger partial charge in [0.2, 0.25) is 0 Å². The number of carbonyl (C=O) groups is 1. The Labute approximate surface area is 107 Å². The molecule has 0 saturated carbocycles. The van der Waals surface area contributed by atoms with E-state index in [-0.39, 0.29) is 11.3 Å². The van der Waals surface area contributed by atoms with Crippen molar-refractivity contribution in [2.45, 2.75) is 5.38 Å². The average Bonchev–Trinajstić information content (AvgIpc) is 2.50. The quantitative estimate of drug-likeness (QED) is 0.521. The fourth-order valence-electron chi connectivity index (χ4n) is 1.36. The van der Waals surface area contributed by atoms with Crippen molar-refractivity contribution in [2.75, 3.05) is 7.05 Å². The van der Waals surface area contributed by atoms with Gasteiger partial charge in [0.1, 0.15) is 0 Å². The normalized spacial score (nSPS) is 24.1. The summed E-state index contributed by atoms with van der Waals surface area (Å²) in [5.41, 5.74) is 1.36. The minimum absolute atomic E-state index is 0.0670. The van der Waals surface area contributed by atoms with Gasteiger partial charge in [-0.15, -0.1) is 0 Å². The van der Waals surface area contributed by atoms with E-state index in [2.05, 4.69) is 20.6 Å². The van der Waals surface area contributed by atoms with Crippen LogP contribution in [0.4, 0.5) is 0 Å². The Morgan fingerprint density at radius 3 is 2.62 bits per heavy atom. The fraction of sp³-hybridized carbons (Fsp3) is 0.182. The molecule has 0 saturated heterocycles. The van der Waals surface area contributed by atoms with E-state index in [1.165, 1.54) is 4.90 Å². The van der Waals surface area contributed by atoms with Gasteiger partial charge in [0.15, 0.2) is 0 Å². The molecule has 1 heterocycles. The number of carbonyl (C=O) groups excluding carboxylic acids is 1. The Balaban J connectivity index is 2.23. The van der Waals surface area contributed by atoms with E-state index in [4.69, 9.17) is 11.6 Å². The molecule has 0 aromatic heterocycles. The zero-order valence-electron chi connectivity index (χ0n) is 8.55. The maximum absolute atomic E-state index is 11.7. The van der Waals surface area contributed by atoms with Crippen molar-refractivity contribution >= 4 is 43.5 Å². The molecule has 3 nitrogen and oxygen atoms in total. The molecule has 0 aromatic rings. The molecule has 0 atom stereocenters. The number of aliphatic imine (C=N–C) groups is 1. The van der Waals surface area contributed by atoms with Gasteiger partial charge in [0.05, 0.1) is 0 Å². The molecule has 0 bridgehead atoms. The van der Waals surface area contributed by atoms with Crippen LogP contribution in [0.15, 0.2) is 40.9 Å². The standard InChI is InChI=1S/C11H9ClN2OSe/c1-14-10(15)9(13-11(14)16)6-7-2-4-8(12)5-3-7/h2-6,8H,1H3. The van der Waals surface area contributed by atoms with Gasteiger partial charge in [-0.25, -0.2) is 0 Å². The Kier molecular flexibility index (Phi) is 3.24. The first-order chi connectivity index (χ1) is 7.58. The number of rotatable bonds is 1. The number of halogens is 1. The van der Waals surface area contributed by atoms with E-state index in [0.29, 0.717) is 10.4 Å². The fourth-order valence-corrected chi connectivity index (χ4v) is 1.88. The van der Waals surface area contributed by atoms with Crippen LogP contribution in [0.5, 0.6) is 0 Å². The average molecular weight is 300 g/mol. The van der Waals surface area contributed by atoms with Crippen LogP contribution in [0.2, 0.25) is 0 Å². The second kappa shape index (κ2) is 4.50. The second-order valence-electron chi connectivity index (χ2n) is 3.45. The van der Waals surface area contributed by atoms with Crippen molar-refractivity contribution < 1.29 is 4.79 Å². The van der Waals surface area contributed by atoms with Crippen LogP contribution in [-0.2, 0) is 4.79 Å². The minimum atomic E-state index is -0.101. The number of allylic oxidation sites excluding steroid dienone is 5. The summed E-state index contributed by atoms with van der Waals surface area (Å²) in [6.45, 7) is 0. The summed E-state index contributed by atoms with van der Waals surface area (Å²) in [6.07, 6.45) is 9.23. The van der Waals surface area contributed by atoms with Crippen molar-refractivity contribution in [1.82, 2.24) is 4.90 Å². The molecule has 82 valence electrons. The van der Waals surface area contributed by atoms with Crippen LogP contribution in [0, 0.1) is 0 Å². The van der Waals surface area contributed by atoms with Crippen molar-refractivity contribution in [3.05, 3.63) is 36.0 Å². The van der Waals surface area contributed by atoms with E-state index < -0.39 is 0 Å². The molecule has 0 N–H and O–H groups in total. The summed E-state index contributed by atoms with van der Waals surface area (Å²) in [5, 5.41) is -0.0670. The van der Waals surface area contributed by atoms with E-state index in [9.17, 15) is 4.79 Å². The second-order valence-corrected chi connectivity index (χ2v) is 4.72. The molecule has 0 fully saturated rings. The molecule has 0 aromatic carbocycles. The third-order valence-electron chi connectivity index (χ3n) is 2.28. The van der Waals surface area contributed by atoms with Crippen LogP contribution < -0.4 is 0 Å². The summed E-state index contributed by atoms with van der Waals surface area (Å²) in [7, 11) is 1.69. The molecule has 0 unspecified atom stereocenters. The molecule has 0 radical (unpaired) electrons. The summed E-state index contributed by atoms with van der Waals surface area (Å²) < 4.78 is 0.593. The Morgan fingerprint density at radius 2 is 2.12 bits per heavy atom. The van der Waals surface area contributed by atoms with Crippen LogP contribution in [0.25, 0.3) is 0 Å². The molecule has 1 amide bonds. The first-order valence-corrected chi connectivity index (χ1v) is 6.00. The maximum atomic E-state index is 11.7. The van der Waals surface area contributed by atoms with E-state index in [1.54, 1.807) is 13.1 Å². The van der Waals surface area contributed by atoms with Crippen molar-refractivity contribution in [3.63, 3.8) is 0 Å². The van der Waals surface area contributed by atoms with E-state index in [0.717, 1.165) is 5.57 Å². The van der Waals surface area contributed by atoms with Crippen molar-refractivity contribution in [2.24, 2.45) is 4.99 Å². The van der Waals surface area contributed by atoms with Gasteiger partial charge in [0.25, 0.3) is 0 Å². The van der Waals surface area contributed by atoms with Gasteiger partial charge in [0, 0.05) is 0 Å². The monoisotopic (exact) mass is 300 g/mol. The van der Waals surface area contributed by atoms with E-state index in [1.807, 2.05) is 24.3 Å². The number of alkyl halides is 1. The third kappa shape index (κ3) is 2.24. The molecular formula is C11H9ClN2OSe. The molecular weight excluding hydrogens is 291 g/mol. The van der Waals surface area contributed by atoms with Gasteiger partial charge in [-0.1, -0.05) is 0 Å². The van der Waals surface area contributed by atoms with Gasteiger partial charge < -0.3 is 0 Å². The predicted molar refractivity (Wildman–Crippen MR) is 67.0 cm³/mol. The summed E-state index contributed by atoms with van der Waals surface area (Å²) in [5.74, 6) is -0.101. The molecule has 1 aliphatic carbocycles. The number of nitrogens with zero attached hydrogens (tertiary/aromatic N) is 2. The summed E-state index contributed by atoms with van der Waals surface area (Å²) in [6, 6.07) is 0. The Bertz CT molecular complexity index is 460. The molecule has 1 aliphatic heterocycles. The van der Waals surface area contributed by atoms with Gasteiger partial charge in [-0.05, 0) is 0 Å². The molecule has 5 heteroatoms. The van der Waals surface area contributed by atoms with Crippen molar-refractivity contribution in [3.8, 4) is 0 Å². The van der Waals surface area contributed by atoms with Gasteiger partial charge >= 0.3 is 107 Å². The molecule has 2 aliphatic rings. The van der Waals surface area contributed by atoms with Gasteiger partial charge in [-0.3, -0.25) is 0 Å². The van der Waals surface area contributed by atoms with Gasteiger partial charge in [-0.2, -0.15) is 0 Å². The topological polar surface area (TPSA) is 32.7 Å². The van der Waals surface area contributed by atoms with E-state index >= 15 is 0 Å². The Morgan fingerprint density at radius 1 is 1.50 bits per heavy atom. The third-order valence-corrected chi connectivity index (χ3v) is 3.33. The summed E-state index contributed by atoms with van der Waals surface area (Å²) >= 11 is 8.60. The first-order valence-electron chi connectivity index (χ1n) is 4.71. The zero-order chi connectivity index (χ0) is 11.7. The number of amides is 1. The van der Waals surface area contributed by atoms with Crippen LogP contribution in [0.3, 0.4) is 0 Å². The molecule has 16 heavy (non-hydrogen) atoms. The Hall–Kier alpha value is -0.961.